The highest BCUT2D eigenvalue weighted by Gasteiger charge is 2.16. The monoisotopic (exact) mass is 445 g/mol. The highest BCUT2D eigenvalue weighted by Crippen LogP contribution is 2.30. The molecular weight excluding hydrogens is 421 g/mol. The van der Waals surface area contributed by atoms with Gasteiger partial charge in [-0.15, -0.1) is 0 Å². The van der Waals surface area contributed by atoms with Crippen molar-refractivity contribution in [3.8, 4) is 17.7 Å². The molecule has 1 saturated heterocycles. The number of aromatic nitrogens is 2. The predicted molar refractivity (Wildman–Crippen MR) is 125 cm³/mol. The first-order valence-electron chi connectivity index (χ1n) is 10.6. The maximum atomic E-state index is 14.7. The number of benzene rings is 2. The highest BCUT2D eigenvalue weighted by molar-refractivity contribution is 5.61. The van der Waals surface area contributed by atoms with Gasteiger partial charge in [-0.3, -0.25) is 0 Å². The Kier molecular flexibility index (Phi) is 6.81. The van der Waals surface area contributed by atoms with Gasteiger partial charge in [-0.25, -0.2) is 9.37 Å². The fourth-order valence-electron chi connectivity index (χ4n) is 3.71. The number of morpholine rings is 1. The van der Waals surface area contributed by atoms with Crippen LogP contribution in [0.5, 0.6) is 11.6 Å². The molecule has 1 N–H and O–H groups in total. The lowest BCUT2D eigenvalue weighted by molar-refractivity contribution is 0.122. The van der Waals surface area contributed by atoms with Crippen molar-refractivity contribution in [1.29, 1.82) is 5.26 Å². The number of aryl methyl sites for hydroxylation is 2. The van der Waals surface area contributed by atoms with Crippen molar-refractivity contribution >= 4 is 23.4 Å². The lowest BCUT2D eigenvalue weighted by atomic mass is 10.1. The topological polar surface area (TPSA) is 83.3 Å². The van der Waals surface area contributed by atoms with E-state index in [0.717, 1.165) is 16.7 Å². The quantitative estimate of drug-likeness (QED) is 0.526. The predicted octanol–water partition coefficient (Wildman–Crippen LogP) is 5.14. The van der Waals surface area contributed by atoms with Crippen LogP contribution in [0.25, 0.3) is 6.08 Å². The molecule has 2 heterocycles. The maximum absolute atomic E-state index is 14.7. The molecule has 0 aliphatic carbocycles. The Morgan fingerprint density at radius 2 is 1.91 bits per heavy atom. The summed E-state index contributed by atoms with van der Waals surface area (Å²) in [6.07, 6.45) is 4.77. The summed E-state index contributed by atoms with van der Waals surface area (Å²) in [5.41, 5.74) is 3.86. The minimum atomic E-state index is -0.314. The van der Waals surface area contributed by atoms with E-state index >= 15 is 0 Å². The van der Waals surface area contributed by atoms with Gasteiger partial charge in [0.1, 0.15) is 11.6 Å². The number of halogens is 1. The van der Waals surface area contributed by atoms with E-state index in [4.69, 9.17) is 14.7 Å². The number of hydrogen-bond acceptors (Lipinski definition) is 7. The average Bonchev–Trinajstić information content (AvgIpc) is 2.81. The van der Waals surface area contributed by atoms with Gasteiger partial charge in [-0.05, 0) is 66.9 Å². The number of nitriles is 1. The van der Waals surface area contributed by atoms with E-state index in [-0.39, 0.29) is 5.82 Å². The van der Waals surface area contributed by atoms with Crippen LogP contribution in [0.4, 0.5) is 21.7 Å². The zero-order valence-corrected chi connectivity index (χ0v) is 18.5. The van der Waals surface area contributed by atoms with Gasteiger partial charge in [0.2, 0.25) is 11.8 Å². The van der Waals surface area contributed by atoms with Crippen LogP contribution in [0, 0.1) is 31.0 Å². The molecule has 0 spiro atoms. The molecule has 2 aromatic carbocycles. The average molecular weight is 445 g/mol. The largest absolute Gasteiger partial charge is 0.438 e. The number of hydrogen-bond donors (Lipinski definition) is 1. The Balaban J connectivity index is 1.49. The van der Waals surface area contributed by atoms with Gasteiger partial charge in [-0.2, -0.15) is 10.2 Å². The van der Waals surface area contributed by atoms with E-state index in [9.17, 15) is 4.39 Å². The summed E-state index contributed by atoms with van der Waals surface area (Å²) in [4.78, 5) is 10.6. The molecule has 33 heavy (non-hydrogen) atoms. The van der Waals surface area contributed by atoms with Crippen molar-refractivity contribution in [3.63, 3.8) is 0 Å². The molecular formula is C25H24FN5O2. The molecule has 1 aliphatic rings. The standard InChI is InChI=1S/C25H24FN5O2/c1-17-14-19(4-3-8-27)15-18(2)24(17)33-23-7-9-28-25(30-23)29-20-5-6-22(21(26)16-20)31-10-12-32-13-11-31/h3-7,9,14-16H,10-13H2,1-2H3,(H,28,29,30)/b4-3+. The molecule has 0 radical (unpaired) electrons. The van der Waals surface area contributed by atoms with E-state index in [2.05, 4.69) is 15.3 Å². The van der Waals surface area contributed by atoms with Crippen molar-refractivity contribution < 1.29 is 13.9 Å². The van der Waals surface area contributed by atoms with Gasteiger partial charge in [0, 0.05) is 37.1 Å². The van der Waals surface area contributed by atoms with Crippen molar-refractivity contribution in [2.24, 2.45) is 0 Å². The molecule has 0 atom stereocenters. The molecule has 4 rings (SSSR count). The van der Waals surface area contributed by atoms with Gasteiger partial charge in [0.25, 0.3) is 0 Å². The molecule has 1 aliphatic heterocycles. The second-order valence-electron chi connectivity index (χ2n) is 7.66. The first kappa shape index (κ1) is 22.2. The zero-order valence-electron chi connectivity index (χ0n) is 18.5. The Morgan fingerprint density at radius 1 is 1.15 bits per heavy atom. The molecule has 1 aromatic heterocycles. The van der Waals surface area contributed by atoms with Gasteiger partial charge in [0.05, 0.1) is 25.0 Å². The summed E-state index contributed by atoms with van der Waals surface area (Å²) in [6.45, 7) is 6.40. The zero-order chi connectivity index (χ0) is 23.2. The third-order valence-electron chi connectivity index (χ3n) is 5.23. The minimum absolute atomic E-state index is 0.301. The first-order valence-corrected chi connectivity index (χ1v) is 10.6. The third kappa shape index (κ3) is 5.45. The number of nitrogens with zero attached hydrogens (tertiary/aromatic N) is 4. The van der Waals surface area contributed by atoms with Crippen LogP contribution >= 0.6 is 0 Å². The van der Waals surface area contributed by atoms with E-state index in [1.165, 1.54) is 12.1 Å². The highest BCUT2D eigenvalue weighted by atomic mass is 19.1. The fraction of sp³-hybridized carbons (Fsp3) is 0.240. The first-order chi connectivity index (χ1) is 16.0. The molecule has 0 bridgehead atoms. The van der Waals surface area contributed by atoms with Gasteiger partial charge >= 0.3 is 0 Å². The van der Waals surface area contributed by atoms with Crippen LogP contribution in [-0.2, 0) is 4.74 Å². The number of ether oxygens (including phenoxy) is 2. The number of allylic oxidation sites excluding steroid dienone is 1. The van der Waals surface area contributed by atoms with Crippen LogP contribution in [0.3, 0.4) is 0 Å². The molecule has 168 valence electrons. The smallest absolute Gasteiger partial charge is 0.230 e. The number of rotatable bonds is 6. The van der Waals surface area contributed by atoms with Crippen molar-refractivity contribution in [3.05, 3.63) is 71.2 Å². The van der Waals surface area contributed by atoms with Crippen LogP contribution in [0.15, 0.2) is 48.7 Å². The normalized spacial score (nSPS) is 13.7. The molecule has 7 nitrogen and oxygen atoms in total. The van der Waals surface area contributed by atoms with E-state index < -0.39 is 0 Å². The summed E-state index contributed by atoms with van der Waals surface area (Å²) < 4.78 is 26.1. The second-order valence-corrected chi connectivity index (χ2v) is 7.66. The van der Waals surface area contributed by atoms with Gasteiger partial charge < -0.3 is 19.7 Å². The van der Waals surface area contributed by atoms with Crippen LogP contribution < -0.4 is 15.0 Å². The molecule has 1 fully saturated rings. The van der Waals surface area contributed by atoms with E-state index in [1.807, 2.05) is 36.9 Å². The SMILES string of the molecule is Cc1cc(/C=C/C#N)cc(C)c1Oc1ccnc(Nc2ccc(N3CCOCC3)c(F)c2)n1. The molecule has 3 aromatic rings. The van der Waals surface area contributed by atoms with Crippen LogP contribution in [-0.4, -0.2) is 36.3 Å². The van der Waals surface area contributed by atoms with Gasteiger partial charge in [0.15, 0.2) is 0 Å². The third-order valence-corrected chi connectivity index (χ3v) is 5.23. The van der Waals surface area contributed by atoms with Crippen molar-refractivity contribution in [2.75, 3.05) is 36.5 Å². The number of nitrogens with one attached hydrogen (secondary N) is 1. The fourth-order valence-corrected chi connectivity index (χ4v) is 3.71. The van der Waals surface area contributed by atoms with E-state index in [0.29, 0.717) is 55.3 Å². The summed E-state index contributed by atoms with van der Waals surface area (Å²) in [7, 11) is 0. The van der Waals surface area contributed by atoms with Crippen molar-refractivity contribution in [2.45, 2.75) is 13.8 Å². The number of anilines is 3. The lowest BCUT2D eigenvalue weighted by Gasteiger charge is -2.29. The Hall–Kier alpha value is -3.96. The Labute approximate surface area is 192 Å². The molecule has 0 unspecified atom stereocenters. The summed E-state index contributed by atoms with van der Waals surface area (Å²) in [5, 5.41) is 11.8. The van der Waals surface area contributed by atoms with Gasteiger partial charge in [-0.1, -0.05) is 0 Å². The molecule has 8 heteroatoms. The Bertz CT molecular complexity index is 1190. The second kappa shape index (κ2) is 10.1. The molecule has 0 amide bonds. The maximum Gasteiger partial charge on any atom is 0.230 e. The minimum Gasteiger partial charge on any atom is -0.438 e. The summed E-state index contributed by atoms with van der Waals surface area (Å²) in [5.74, 6) is 1.04. The van der Waals surface area contributed by atoms with Crippen molar-refractivity contribution in [1.82, 2.24) is 9.97 Å². The van der Waals surface area contributed by atoms with Crippen LogP contribution in [0.1, 0.15) is 16.7 Å². The Morgan fingerprint density at radius 3 is 2.61 bits per heavy atom. The molecule has 0 saturated carbocycles. The van der Waals surface area contributed by atoms with Crippen LogP contribution in [0.2, 0.25) is 0 Å². The summed E-state index contributed by atoms with van der Waals surface area (Å²) >= 11 is 0. The lowest BCUT2D eigenvalue weighted by Crippen LogP contribution is -2.36. The van der Waals surface area contributed by atoms with E-state index in [1.54, 1.807) is 30.5 Å². The summed E-state index contributed by atoms with van der Waals surface area (Å²) in [6, 6.07) is 12.5.